The molecule has 44 heavy (non-hydrogen) atoms. The molecule has 0 bridgehead atoms. The molecule has 8 aromatic carbocycles. The van der Waals surface area contributed by atoms with Gasteiger partial charge in [0.25, 0.3) is 0 Å². The molecule has 0 N–H and O–H groups in total. The molecule has 0 aliphatic rings. The van der Waals surface area contributed by atoms with E-state index in [-0.39, 0.29) is 0 Å². The number of pyridine rings is 1. The second-order valence-electron chi connectivity index (χ2n) is 11.5. The van der Waals surface area contributed by atoms with Crippen LogP contribution in [0.3, 0.4) is 0 Å². The van der Waals surface area contributed by atoms with E-state index in [2.05, 4.69) is 158 Å². The molecular weight excluding hydrogens is 530 g/mol. The Kier molecular flexibility index (Phi) is 5.57. The number of hydrogen-bond acceptors (Lipinski definition) is 1. The molecule has 0 aliphatic carbocycles. The van der Waals surface area contributed by atoms with Crippen molar-refractivity contribution < 1.29 is 0 Å². The lowest BCUT2D eigenvalue weighted by Crippen LogP contribution is -1.94. The van der Waals surface area contributed by atoms with E-state index in [1.807, 2.05) is 6.20 Å². The summed E-state index contributed by atoms with van der Waals surface area (Å²) >= 11 is 0. The summed E-state index contributed by atoms with van der Waals surface area (Å²) in [5, 5.41) is 11.1. The number of aromatic nitrogens is 1. The summed E-state index contributed by atoms with van der Waals surface area (Å²) in [5.74, 6) is 0. The van der Waals surface area contributed by atoms with E-state index in [0.717, 1.165) is 10.9 Å². The van der Waals surface area contributed by atoms with E-state index in [1.165, 1.54) is 76.5 Å². The summed E-state index contributed by atoms with van der Waals surface area (Å²) < 4.78 is 0. The minimum atomic E-state index is 1.03. The highest BCUT2D eigenvalue weighted by Crippen LogP contribution is 2.46. The van der Waals surface area contributed by atoms with Gasteiger partial charge in [-0.05, 0) is 89.1 Å². The van der Waals surface area contributed by atoms with Gasteiger partial charge >= 0.3 is 0 Å². The van der Waals surface area contributed by atoms with Gasteiger partial charge in [-0.3, -0.25) is 4.98 Å². The third kappa shape index (κ3) is 3.83. The smallest absolute Gasteiger partial charge is 0.0792 e. The molecule has 0 saturated carbocycles. The van der Waals surface area contributed by atoms with Crippen LogP contribution in [0.4, 0.5) is 0 Å². The third-order valence-corrected chi connectivity index (χ3v) is 9.07. The van der Waals surface area contributed by atoms with Crippen molar-refractivity contribution in [3.05, 3.63) is 164 Å². The molecule has 1 nitrogen and oxygen atoms in total. The van der Waals surface area contributed by atoms with Crippen molar-refractivity contribution in [2.75, 3.05) is 0 Å². The molecule has 204 valence electrons. The Hall–Kier alpha value is -5.79. The van der Waals surface area contributed by atoms with Crippen molar-refractivity contribution in [1.29, 1.82) is 0 Å². The molecule has 1 heteroatoms. The highest BCUT2D eigenvalue weighted by atomic mass is 14.7. The van der Waals surface area contributed by atoms with Crippen LogP contribution in [0.15, 0.2) is 164 Å². The SMILES string of the molecule is c1ccc2cc(-c3ccc(-c4c5ccccc5c(-c5ccc6ccccc6c5)c5ncccc45)c4ccccc34)ccc2c1. The van der Waals surface area contributed by atoms with Crippen LogP contribution in [0.2, 0.25) is 0 Å². The van der Waals surface area contributed by atoms with Crippen LogP contribution in [0.5, 0.6) is 0 Å². The van der Waals surface area contributed by atoms with Crippen LogP contribution in [0, 0.1) is 0 Å². The standard InChI is InChI=1S/C43H27N/c1-3-12-30-26-32(21-19-28(30)10-1)34-23-24-39(36-15-6-5-14-35(34)36)42-38-17-8-7-16-37(38)41(43-40(42)18-9-25-44-43)33-22-20-29-11-2-4-13-31(29)27-33/h1-27H. The molecule has 0 atom stereocenters. The molecule has 0 fully saturated rings. The number of fused-ring (bicyclic) bond motifs is 5. The maximum atomic E-state index is 5.05. The molecule has 0 unspecified atom stereocenters. The van der Waals surface area contributed by atoms with Crippen LogP contribution >= 0.6 is 0 Å². The number of benzene rings is 8. The average Bonchev–Trinajstić information content (AvgIpc) is 3.10. The fourth-order valence-electron chi connectivity index (χ4n) is 7.05. The second kappa shape index (κ2) is 9.90. The minimum absolute atomic E-state index is 1.03. The first-order chi connectivity index (χ1) is 21.8. The summed E-state index contributed by atoms with van der Waals surface area (Å²) in [6.07, 6.45) is 1.92. The van der Waals surface area contributed by atoms with Gasteiger partial charge in [-0.15, -0.1) is 0 Å². The topological polar surface area (TPSA) is 12.9 Å². The van der Waals surface area contributed by atoms with Gasteiger partial charge in [-0.25, -0.2) is 0 Å². The first kappa shape index (κ1) is 24.8. The maximum absolute atomic E-state index is 5.05. The molecule has 0 aliphatic heterocycles. The monoisotopic (exact) mass is 557 g/mol. The summed E-state index contributed by atoms with van der Waals surface area (Å²) in [6.45, 7) is 0. The molecule has 1 aromatic heterocycles. The van der Waals surface area contributed by atoms with E-state index >= 15 is 0 Å². The zero-order valence-electron chi connectivity index (χ0n) is 24.0. The van der Waals surface area contributed by atoms with Gasteiger partial charge in [-0.1, -0.05) is 140 Å². The van der Waals surface area contributed by atoms with E-state index in [1.54, 1.807) is 0 Å². The first-order valence-corrected chi connectivity index (χ1v) is 15.1. The highest BCUT2D eigenvalue weighted by Gasteiger charge is 2.19. The second-order valence-corrected chi connectivity index (χ2v) is 11.5. The normalized spacial score (nSPS) is 11.6. The maximum Gasteiger partial charge on any atom is 0.0792 e. The van der Waals surface area contributed by atoms with Gasteiger partial charge in [0, 0.05) is 17.1 Å². The van der Waals surface area contributed by atoms with Crippen molar-refractivity contribution in [1.82, 2.24) is 4.98 Å². The summed E-state index contributed by atoms with van der Waals surface area (Å²) in [6, 6.07) is 57.3. The van der Waals surface area contributed by atoms with Crippen LogP contribution in [0.1, 0.15) is 0 Å². The Bertz CT molecular complexity index is 2500. The van der Waals surface area contributed by atoms with Gasteiger partial charge in [0.15, 0.2) is 0 Å². The van der Waals surface area contributed by atoms with Crippen LogP contribution < -0.4 is 0 Å². The Balaban J connectivity index is 1.34. The van der Waals surface area contributed by atoms with E-state index in [0.29, 0.717) is 0 Å². The number of hydrogen-bond donors (Lipinski definition) is 0. The Morgan fingerprint density at radius 1 is 0.318 bits per heavy atom. The van der Waals surface area contributed by atoms with Crippen molar-refractivity contribution in [3.63, 3.8) is 0 Å². The fourth-order valence-corrected chi connectivity index (χ4v) is 7.05. The third-order valence-electron chi connectivity index (χ3n) is 9.07. The highest BCUT2D eigenvalue weighted by molar-refractivity contribution is 6.23. The molecule has 1 heterocycles. The van der Waals surface area contributed by atoms with E-state index in [4.69, 9.17) is 4.98 Å². The van der Waals surface area contributed by atoms with Gasteiger partial charge in [0.1, 0.15) is 0 Å². The molecule has 9 rings (SSSR count). The molecule has 0 saturated heterocycles. The van der Waals surface area contributed by atoms with Crippen LogP contribution in [-0.2, 0) is 0 Å². The number of nitrogens with zero attached hydrogens (tertiary/aromatic N) is 1. The van der Waals surface area contributed by atoms with Gasteiger partial charge < -0.3 is 0 Å². The lowest BCUT2D eigenvalue weighted by Gasteiger charge is -2.19. The van der Waals surface area contributed by atoms with E-state index < -0.39 is 0 Å². The molecule has 0 amide bonds. The van der Waals surface area contributed by atoms with Crippen LogP contribution in [-0.4, -0.2) is 4.98 Å². The Labute approximate surface area is 255 Å². The molecule has 0 radical (unpaired) electrons. The van der Waals surface area contributed by atoms with E-state index in [9.17, 15) is 0 Å². The zero-order valence-corrected chi connectivity index (χ0v) is 24.0. The average molecular weight is 558 g/mol. The molecule has 9 aromatic rings. The summed E-state index contributed by atoms with van der Waals surface area (Å²) in [4.78, 5) is 5.05. The van der Waals surface area contributed by atoms with Gasteiger partial charge in [-0.2, -0.15) is 0 Å². The predicted molar refractivity (Wildman–Crippen MR) is 188 cm³/mol. The van der Waals surface area contributed by atoms with Crippen molar-refractivity contribution in [3.8, 4) is 33.4 Å². The predicted octanol–water partition coefficient (Wildman–Crippen LogP) is 11.8. The lowest BCUT2D eigenvalue weighted by molar-refractivity contribution is 1.42. The fraction of sp³-hybridized carbons (Fsp3) is 0. The minimum Gasteiger partial charge on any atom is -0.256 e. The lowest BCUT2D eigenvalue weighted by atomic mass is 9.85. The van der Waals surface area contributed by atoms with Gasteiger partial charge in [0.05, 0.1) is 5.52 Å². The molecule has 0 spiro atoms. The quantitative estimate of drug-likeness (QED) is 0.197. The Morgan fingerprint density at radius 3 is 1.52 bits per heavy atom. The van der Waals surface area contributed by atoms with Crippen molar-refractivity contribution >= 4 is 54.0 Å². The summed E-state index contributed by atoms with van der Waals surface area (Å²) in [5.41, 5.74) is 8.33. The largest absolute Gasteiger partial charge is 0.256 e. The number of rotatable bonds is 3. The zero-order chi connectivity index (χ0) is 29.0. The van der Waals surface area contributed by atoms with Crippen molar-refractivity contribution in [2.24, 2.45) is 0 Å². The Morgan fingerprint density at radius 2 is 0.818 bits per heavy atom. The van der Waals surface area contributed by atoms with Gasteiger partial charge in [0.2, 0.25) is 0 Å². The summed E-state index contributed by atoms with van der Waals surface area (Å²) in [7, 11) is 0. The van der Waals surface area contributed by atoms with Crippen molar-refractivity contribution in [2.45, 2.75) is 0 Å². The molecular formula is C43H27N. The van der Waals surface area contributed by atoms with Crippen LogP contribution in [0.25, 0.3) is 87.4 Å². The first-order valence-electron chi connectivity index (χ1n) is 15.1.